The van der Waals surface area contributed by atoms with Gasteiger partial charge in [0.05, 0.1) is 23.8 Å². The minimum atomic E-state index is -0.186. The summed E-state index contributed by atoms with van der Waals surface area (Å²) in [5.74, 6) is -0.186. The lowest BCUT2D eigenvalue weighted by molar-refractivity contribution is 0.0958. The lowest BCUT2D eigenvalue weighted by atomic mass is 10.3. The van der Waals surface area contributed by atoms with E-state index in [1.807, 2.05) is 16.9 Å². The van der Waals surface area contributed by atoms with Crippen molar-refractivity contribution in [3.8, 4) is 5.69 Å². The van der Waals surface area contributed by atoms with Gasteiger partial charge in [-0.15, -0.1) is 0 Å². The Balaban J connectivity index is 1.95. The van der Waals surface area contributed by atoms with Crippen LogP contribution in [0.1, 0.15) is 21.7 Å². The van der Waals surface area contributed by atoms with E-state index in [0.717, 1.165) is 24.5 Å². The van der Waals surface area contributed by atoms with Crippen LogP contribution in [-0.2, 0) is 13.1 Å². The third-order valence-corrected chi connectivity index (χ3v) is 3.02. The maximum atomic E-state index is 11.4. The largest absolute Gasteiger partial charge is 0.354 e. The van der Waals surface area contributed by atoms with Crippen LogP contribution in [0.5, 0.6) is 0 Å². The summed E-state index contributed by atoms with van der Waals surface area (Å²) in [6.45, 7) is 1.67. The molecule has 0 bridgehead atoms. The Morgan fingerprint density at radius 2 is 2.28 bits per heavy atom. The van der Waals surface area contributed by atoms with Crippen molar-refractivity contribution in [3.63, 3.8) is 0 Å². The van der Waals surface area contributed by atoms with E-state index in [-0.39, 0.29) is 5.91 Å². The summed E-state index contributed by atoms with van der Waals surface area (Å²) in [6.07, 6.45) is 3.53. The molecule has 0 atom stereocenters. The number of carbonyl (C=O) groups excluding carboxylic acids is 1. The normalized spacial score (nSPS) is 13.4. The molecule has 0 saturated carbocycles. The summed E-state index contributed by atoms with van der Waals surface area (Å²) >= 11 is 0. The predicted molar refractivity (Wildman–Crippen MR) is 65.3 cm³/mol. The molecule has 0 aliphatic carbocycles. The first-order valence-electron chi connectivity index (χ1n) is 5.74. The van der Waals surface area contributed by atoms with Gasteiger partial charge in [-0.05, 0) is 12.1 Å². The zero-order valence-corrected chi connectivity index (χ0v) is 9.97. The molecule has 18 heavy (non-hydrogen) atoms. The summed E-state index contributed by atoms with van der Waals surface area (Å²) in [7, 11) is 1.59. The third kappa shape index (κ3) is 1.67. The molecule has 0 saturated heterocycles. The topological polar surface area (TPSA) is 71.8 Å². The number of fused-ring (bicyclic) bond motifs is 1. The average Bonchev–Trinajstić information content (AvgIpc) is 3.00. The van der Waals surface area contributed by atoms with Crippen molar-refractivity contribution >= 4 is 5.91 Å². The highest BCUT2D eigenvalue weighted by Gasteiger charge is 2.17. The smallest absolute Gasteiger partial charge is 0.269 e. The second-order valence-corrected chi connectivity index (χ2v) is 4.11. The van der Waals surface area contributed by atoms with Gasteiger partial charge in [-0.3, -0.25) is 4.79 Å². The molecular weight excluding hydrogens is 230 g/mol. The molecule has 0 radical (unpaired) electrons. The van der Waals surface area contributed by atoms with E-state index in [9.17, 15) is 4.79 Å². The van der Waals surface area contributed by atoms with Gasteiger partial charge in [0.15, 0.2) is 0 Å². The molecule has 0 aromatic carbocycles. The molecule has 6 heteroatoms. The number of pyridine rings is 1. The summed E-state index contributed by atoms with van der Waals surface area (Å²) in [5, 5.41) is 10.2. The molecule has 0 fully saturated rings. The molecule has 2 N–H and O–H groups in total. The maximum Gasteiger partial charge on any atom is 0.269 e. The summed E-state index contributed by atoms with van der Waals surface area (Å²) in [5.41, 5.74) is 3.64. The fraction of sp³-hybridized carbons (Fsp3) is 0.250. The molecule has 1 aliphatic heterocycles. The van der Waals surface area contributed by atoms with Gasteiger partial charge in [-0.25, -0.2) is 9.67 Å². The molecule has 3 rings (SSSR count). The minimum absolute atomic E-state index is 0.186. The number of nitrogens with zero attached hydrogens (tertiary/aromatic N) is 3. The highest BCUT2D eigenvalue weighted by atomic mass is 16.1. The van der Waals surface area contributed by atoms with Crippen molar-refractivity contribution in [1.29, 1.82) is 0 Å². The van der Waals surface area contributed by atoms with Gasteiger partial charge in [0.2, 0.25) is 0 Å². The molecule has 3 heterocycles. The number of nitrogens with one attached hydrogen (secondary N) is 2. The fourth-order valence-corrected chi connectivity index (χ4v) is 2.06. The van der Waals surface area contributed by atoms with Gasteiger partial charge >= 0.3 is 0 Å². The molecule has 6 nitrogen and oxygen atoms in total. The fourth-order valence-electron chi connectivity index (χ4n) is 2.06. The van der Waals surface area contributed by atoms with Gasteiger partial charge in [0.1, 0.15) is 5.69 Å². The first-order valence-corrected chi connectivity index (χ1v) is 5.74. The number of aromatic nitrogens is 3. The van der Waals surface area contributed by atoms with Crippen molar-refractivity contribution in [1.82, 2.24) is 25.4 Å². The Morgan fingerprint density at radius 3 is 3.00 bits per heavy atom. The third-order valence-electron chi connectivity index (χ3n) is 3.02. The quantitative estimate of drug-likeness (QED) is 0.792. The zero-order chi connectivity index (χ0) is 12.5. The standard InChI is InChI=1S/C12H13N5O/c1-13-12(18)10-3-2-9(6-15-10)17-11-7-14-4-8(11)5-16-17/h2-3,5-6,14H,4,7H2,1H3,(H,13,18). The van der Waals surface area contributed by atoms with Crippen LogP contribution in [0.2, 0.25) is 0 Å². The van der Waals surface area contributed by atoms with E-state index in [1.54, 1.807) is 19.3 Å². The van der Waals surface area contributed by atoms with Gasteiger partial charge in [-0.2, -0.15) is 5.10 Å². The first kappa shape index (κ1) is 10.9. The Bertz CT molecular complexity index is 587. The monoisotopic (exact) mass is 243 g/mol. The highest BCUT2D eigenvalue weighted by Crippen LogP contribution is 2.18. The number of hydrogen-bond acceptors (Lipinski definition) is 4. The summed E-state index contributed by atoms with van der Waals surface area (Å²) in [4.78, 5) is 15.5. The Kier molecular flexibility index (Phi) is 2.56. The molecule has 0 spiro atoms. The number of rotatable bonds is 2. The van der Waals surface area contributed by atoms with Gasteiger partial charge in [0, 0.05) is 25.7 Å². The minimum Gasteiger partial charge on any atom is -0.354 e. The Hall–Kier alpha value is -2.21. The van der Waals surface area contributed by atoms with Gasteiger partial charge in [-0.1, -0.05) is 0 Å². The van der Waals surface area contributed by atoms with Crippen LogP contribution < -0.4 is 10.6 Å². The molecule has 1 amide bonds. The highest BCUT2D eigenvalue weighted by molar-refractivity contribution is 5.92. The van der Waals surface area contributed by atoms with Crippen molar-refractivity contribution in [2.45, 2.75) is 13.1 Å². The van der Waals surface area contributed by atoms with Crippen molar-refractivity contribution in [2.24, 2.45) is 0 Å². The molecule has 2 aromatic rings. The zero-order valence-electron chi connectivity index (χ0n) is 9.97. The van der Waals surface area contributed by atoms with E-state index in [1.165, 1.54) is 5.56 Å². The van der Waals surface area contributed by atoms with E-state index in [2.05, 4.69) is 20.7 Å². The molecular formula is C12H13N5O. The SMILES string of the molecule is CNC(=O)c1ccc(-n2ncc3c2CNC3)cn1. The Morgan fingerprint density at radius 1 is 1.39 bits per heavy atom. The van der Waals surface area contributed by atoms with Gasteiger partial charge in [0.25, 0.3) is 5.91 Å². The molecule has 2 aromatic heterocycles. The first-order chi connectivity index (χ1) is 8.79. The van der Waals surface area contributed by atoms with Crippen LogP contribution in [0.3, 0.4) is 0 Å². The summed E-state index contributed by atoms with van der Waals surface area (Å²) < 4.78 is 1.86. The van der Waals surface area contributed by atoms with E-state index < -0.39 is 0 Å². The average molecular weight is 243 g/mol. The van der Waals surface area contributed by atoms with Crippen molar-refractivity contribution in [3.05, 3.63) is 41.5 Å². The molecule has 1 aliphatic rings. The summed E-state index contributed by atoms with van der Waals surface area (Å²) in [6, 6.07) is 3.55. The van der Waals surface area contributed by atoms with Crippen LogP contribution in [0.25, 0.3) is 5.69 Å². The van der Waals surface area contributed by atoms with E-state index in [4.69, 9.17) is 0 Å². The van der Waals surface area contributed by atoms with Crippen LogP contribution in [0.4, 0.5) is 0 Å². The van der Waals surface area contributed by atoms with Crippen LogP contribution in [-0.4, -0.2) is 27.7 Å². The van der Waals surface area contributed by atoms with E-state index in [0.29, 0.717) is 5.69 Å². The second-order valence-electron chi connectivity index (χ2n) is 4.11. The van der Waals surface area contributed by atoms with Crippen LogP contribution in [0, 0.1) is 0 Å². The van der Waals surface area contributed by atoms with E-state index >= 15 is 0 Å². The number of hydrogen-bond donors (Lipinski definition) is 2. The van der Waals surface area contributed by atoms with Crippen LogP contribution >= 0.6 is 0 Å². The van der Waals surface area contributed by atoms with Crippen molar-refractivity contribution in [2.75, 3.05) is 7.05 Å². The molecule has 92 valence electrons. The molecule has 0 unspecified atom stereocenters. The second kappa shape index (κ2) is 4.23. The lowest BCUT2D eigenvalue weighted by Gasteiger charge is -2.05. The number of carbonyl (C=O) groups is 1. The van der Waals surface area contributed by atoms with Crippen LogP contribution in [0.15, 0.2) is 24.5 Å². The Labute approximate surface area is 104 Å². The lowest BCUT2D eigenvalue weighted by Crippen LogP contribution is -2.19. The van der Waals surface area contributed by atoms with Gasteiger partial charge < -0.3 is 10.6 Å². The van der Waals surface area contributed by atoms with Crippen molar-refractivity contribution < 1.29 is 4.79 Å². The predicted octanol–water partition coefficient (Wildman–Crippen LogP) is 0.230. The number of amides is 1. The maximum absolute atomic E-state index is 11.4.